The first kappa shape index (κ1) is 76.0. The molecule has 0 aliphatic rings. The Morgan fingerprint density at radius 3 is 0.765 bits per heavy atom. The van der Waals surface area contributed by atoms with Crippen molar-refractivity contribution in [2.45, 2.75) is 284 Å². The molecule has 456 valence electrons. The molecule has 0 aromatic heterocycles. The van der Waals surface area contributed by atoms with Crippen LogP contribution in [0.5, 0.6) is 0 Å². The van der Waals surface area contributed by atoms with Gasteiger partial charge in [0, 0.05) is 19.3 Å². The van der Waals surface area contributed by atoms with Crippen LogP contribution in [0.1, 0.15) is 278 Å². The number of carbonyl (C=O) groups excluding carboxylic acids is 3. The number of esters is 3. The maximum absolute atomic E-state index is 12.9. The van der Waals surface area contributed by atoms with E-state index in [1.807, 2.05) is 0 Å². The van der Waals surface area contributed by atoms with Gasteiger partial charge >= 0.3 is 17.9 Å². The van der Waals surface area contributed by atoms with Gasteiger partial charge in [-0.25, -0.2) is 0 Å². The highest BCUT2D eigenvalue weighted by atomic mass is 16.6. The summed E-state index contributed by atoms with van der Waals surface area (Å²) in [6.45, 7) is 6.37. The number of carbonyl (C=O) groups is 3. The van der Waals surface area contributed by atoms with E-state index in [9.17, 15) is 14.4 Å². The van der Waals surface area contributed by atoms with Gasteiger partial charge in [0.1, 0.15) is 13.2 Å². The van der Waals surface area contributed by atoms with E-state index < -0.39 is 6.10 Å². The third-order valence-corrected chi connectivity index (χ3v) is 13.5. The SMILES string of the molecule is CC/C=C\C/C=C\C/C=C\C/C=C\C/C=C\C/C=C\C/C=C\C/C=C\C/C=C\CCCCCCCC(=O)OCC(COC(=O)CCCCCCC/C=C\CCCCCC)OC(=O)CCCCCCCCC/C=C\C/C=C\C/C=C\CC. The molecule has 0 aromatic rings. The van der Waals surface area contributed by atoms with E-state index in [1.165, 1.54) is 64.2 Å². The molecule has 0 amide bonds. The number of hydrogen-bond acceptors (Lipinski definition) is 6. The lowest BCUT2D eigenvalue weighted by atomic mass is 10.1. The third kappa shape index (κ3) is 65.7. The van der Waals surface area contributed by atoms with E-state index in [1.54, 1.807) is 0 Å². The van der Waals surface area contributed by atoms with Gasteiger partial charge < -0.3 is 14.2 Å². The Labute approximate surface area is 499 Å². The molecule has 1 atom stereocenters. The number of ether oxygens (including phenoxy) is 3. The average molecular weight is 1120 g/mol. The second kappa shape index (κ2) is 67.5. The number of hydrogen-bond donors (Lipinski definition) is 0. The second-order valence-corrected chi connectivity index (χ2v) is 21.3. The molecule has 0 bridgehead atoms. The summed E-state index contributed by atoms with van der Waals surface area (Å²) in [5.74, 6) is -0.937. The number of rotatable bonds is 58. The molecular weight excluding hydrogens is 997 g/mol. The van der Waals surface area contributed by atoms with Gasteiger partial charge in [-0.3, -0.25) is 14.4 Å². The summed E-state index contributed by atoms with van der Waals surface area (Å²) in [5, 5.41) is 0. The van der Waals surface area contributed by atoms with Crippen molar-refractivity contribution in [2.75, 3.05) is 13.2 Å². The number of allylic oxidation sites excluding steroid dienone is 26. The fourth-order valence-corrected chi connectivity index (χ4v) is 8.62. The van der Waals surface area contributed by atoms with Gasteiger partial charge in [-0.1, -0.05) is 269 Å². The predicted molar refractivity (Wildman–Crippen MR) is 352 cm³/mol. The summed E-state index contributed by atoms with van der Waals surface area (Å²) in [5.41, 5.74) is 0. The van der Waals surface area contributed by atoms with Gasteiger partial charge in [0.25, 0.3) is 0 Å². The second-order valence-electron chi connectivity index (χ2n) is 21.3. The van der Waals surface area contributed by atoms with Gasteiger partial charge in [-0.05, 0) is 148 Å². The number of unbranched alkanes of at least 4 members (excludes halogenated alkanes) is 21. The van der Waals surface area contributed by atoms with Crippen molar-refractivity contribution >= 4 is 17.9 Å². The summed E-state index contributed by atoms with van der Waals surface area (Å²) in [7, 11) is 0. The fraction of sp³-hybridized carbons (Fsp3) is 0.613. The van der Waals surface area contributed by atoms with Gasteiger partial charge in [0.05, 0.1) is 0 Å². The largest absolute Gasteiger partial charge is 0.462 e. The molecule has 0 radical (unpaired) electrons. The maximum atomic E-state index is 12.9. The van der Waals surface area contributed by atoms with Crippen LogP contribution in [-0.2, 0) is 28.6 Å². The molecule has 0 spiro atoms. The van der Waals surface area contributed by atoms with E-state index in [4.69, 9.17) is 14.2 Å². The molecular formula is C75H120O6. The van der Waals surface area contributed by atoms with E-state index >= 15 is 0 Å². The summed E-state index contributed by atoms with van der Waals surface area (Å²) in [6.07, 6.45) is 98.2. The Kier molecular flexibility index (Phi) is 63.4. The molecule has 0 aliphatic carbocycles. The summed E-state index contributed by atoms with van der Waals surface area (Å²) < 4.78 is 16.9. The molecule has 6 nitrogen and oxygen atoms in total. The van der Waals surface area contributed by atoms with Crippen molar-refractivity contribution in [1.29, 1.82) is 0 Å². The normalized spacial score (nSPS) is 13.2. The van der Waals surface area contributed by atoms with Crippen molar-refractivity contribution in [2.24, 2.45) is 0 Å². The lowest BCUT2D eigenvalue weighted by molar-refractivity contribution is -0.167. The zero-order valence-electron chi connectivity index (χ0n) is 52.2. The molecule has 0 aromatic carbocycles. The Morgan fingerprint density at radius 1 is 0.259 bits per heavy atom. The Bertz CT molecular complexity index is 1810. The standard InChI is InChI=1S/C75H120O6/c1-4-7-10-13-16-19-22-25-27-29-30-31-32-33-34-35-36-37-38-39-40-41-42-43-44-46-47-50-53-56-59-62-65-68-74(77)80-71-72(70-79-73(76)67-64-61-58-55-52-49-24-21-18-15-12-9-6-3)81-75(78)69-66-63-60-57-54-51-48-45-28-26-23-20-17-14-11-8-5-2/h7-8,10-11,16-17,19-21,24-28,30-31,33-34,36-37,39-40,42-43,46-47,72H,4-6,9,12-15,18,22-23,29,32,35,38,41,44-45,48-71H2,1-3H3/b10-7-,11-8-,19-16-,20-17-,24-21-,27-25-,28-26-,31-30-,34-33-,37-36-,40-39-,43-42-,47-46-. The maximum Gasteiger partial charge on any atom is 0.306 e. The monoisotopic (exact) mass is 1120 g/mol. The van der Waals surface area contributed by atoms with E-state index in [-0.39, 0.29) is 31.1 Å². The topological polar surface area (TPSA) is 78.9 Å². The summed E-state index contributed by atoms with van der Waals surface area (Å²) >= 11 is 0. The highest BCUT2D eigenvalue weighted by molar-refractivity contribution is 5.71. The van der Waals surface area contributed by atoms with E-state index in [0.29, 0.717) is 19.3 Å². The molecule has 0 rings (SSSR count). The van der Waals surface area contributed by atoms with E-state index in [2.05, 4.69) is 179 Å². The first-order valence-corrected chi connectivity index (χ1v) is 33.0. The van der Waals surface area contributed by atoms with Crippen LogP contribution in [0, 0.1) is 0 Å². The van der Waals surface area contributed by atoms with Crippen molar-refractivity contribution in [3.8, 4) is 0 Å². The Balaban J connectivity index is 4.36. The zero-order chi connectivity index (χ0) is 58.5. The molecule has 0 fully saturated rings. The van der Waals surface area contributed by atoms with Crippen LogP contribution in [0.3, 0.4) is 0 Å². The fourth-order valence-electron chi connectivity index (χ4n) is 8.62. The summed E-state index contributed by atoms with van der Waals surface area (Å²) in [4.78, 5) is 38.3. The minimum absolute atomic E-state index is 0.0977. The van der Waals surface area contributed by atoms with Crippen molar-refractivity contribution in [3.05, 3.63) is 158 Å². The van der Waals surface area contributed by atoms with Crippen molar-refractivity contribution < 1.29 is 28.6 Å². The molecule has 0 aliphatic heterocycles. The molecule has 6 heteroatoms. The minimum Gasteiger partial charge on any atom is -0.462 e. The van der Waals surface area contributed by atoms with Gasteiger partial charge in [-0.15, -0.1) is 0 Å². The van der Waals surface area contributed by atoms with Crippen LogP contribution in [0.2, 0.25) is 0 Å². The average Bonchev–Trinajstić information content (AvgIpc) is 3.46. The van der Waals surface area contributed by atoms with Crippen LogP contribution in [-0.4, -0.2) is 37.2 Å². The lowest BCUT2D eigenvalue weighted by Gasteiger charge is -2.18. The van der Waals surface area contributed by atoms with Gasteiger partial charge in [0.15, 0.2) is 6.10 Å². The van der Waals surface area contributed by atoms with Crippen molar-refractivity contribution in [3.63, 3.8) is 0 Å². The van der Waals surface area contributed by atoms with Crippen LogP contribution >= 0.6 is 0 Å². The zero-order valence-corrected chi connectivity index (χ0v) is 52.2. The van der Waals surface area contributed by atoms with Crippen LogP contribution in [0.4, 0.5) is 0 Å². The molecule has 0 saturated heterocycles. The molecule has 0 saturated carbocycles. The first-order valence-electron chi connectivity index (χ1n) is 33.0. The highest BCUT2D eigenvalue weighted by Crippen LogP contribution is 2.14. The third-order valence-electron chi connectivity index (χ3n) is 13.5. The van der Waals surface area contributed by atoms with Crippen LogP contribution < -0.4 is 0 Å². The smallest absolute Gasteiger partial charge is 0.306 e. The molecule has 1 unspecified atom stereocenters. The van der Waals surface area contributed by atoms with Crippen LogP contribution in [0.15, 0.2) is 158 Å². The van der Waals surface area contributed by atoms with Gasteiger partial charge in [-0.2, -0.15) is 0 Å². The first-order chi connectivity index (χ1) is 40.0. The van der Waals surface area contributed by atoms with Gasteiger partial charge in [0.2, 0.25) is 0 Å². The minimum atomic E-state index is -0.803. The Morgan fingerprint density at radius 2 is 0.481 bits per heavy atom. The van der Waals surface area contributed by atoms with Crippen molar-refractivity contribution in [1.82, 2.24) is 0 Å². The van der Waals surface area contributed by atoms with Crippen LogP contribution in [0.25, 0.3) is 0 Å². The molecule has 81 heavy (non-hydrogen) atoms. The lowest BCUT2D eigenvalue weighted by Crippen LogP contribution is -2.30. The van der Waals surface area contributed by atoms with E-state index in [0.717, 1.165) is 173 Å². The molecule has 0 N–H and O–H groups in total. The highest BCUT2D eigenvalue weighted by Gasteiger charge is 2.19. The predicted octanol–water partition coefficient (Wildman–Crippen LogP) is 22.9. The quantitative estimate of drug-likeness (QED) is 0.0261. The summed E-state index contributed by atoms with van der Waals surface area (Å²) in [6, 6.07) is 0. The molecule has 0 heterocycles. The Hall–Kier alpha value is -4.97.